The Morgan fingerprint density at radius 3 is 2.54 bits per heavy atom. The van der Waals surface area contributed by atoms with E-state index in [1.165, 1.54) is 0 Å². The maximum Gasteiger partial charge on any atom is 0.147 e. The summed E-state index contributed by atoms with van der Waals surface area (Å²) in [5, 5.41) is 0. The molecule has 13 heavy (non-hydrogen) atoms. The predicted molar refractivity (Wildman–Crippen MR) is 61.2 cm³/mol. The zero-order valence-electron chi connectivity index (χ0n) is 7.42. The largest absolute Gasteiger partial charge is 0.298 e. The first-order valence-corrected chi connectivity index (χ1v) is 6.16. The van der Waals surface area contributed by atoms with Crippen LogP contribution in [-0.4, -0.2) is 17.8 Å². The van der Waals surface area contributed by atoms with E-state index in [4.69, 9.17) is 0 Å². The smallest absolute Gasteiger partial charge is 0.147 e. The Balaban J connectivity index is 2.54. The Morgan fingerprint density at radius 1 is 1.38 bits per heavy atom. The fourth-order valence-electron chi connectivity index (χ4n) is 1.04. The molecule has 0 radical (unpaired) electrons. The van der Waals surface area contributed by atoms with E-state index in [2.05, 4.69) is 15.9 Å². The Bertz CT molecular complexity index is 281. The molecule has 0 aliphatic carbocycles. The molecule has 0 heterocycles. The van der Waals surface area contributed by atoms with E-state index in [-0.39, 0.29) is 5.78 Å². The lowest BCUT2D eigenvalue weighted by Crippen LogP contribution is -2.04. The minimum absolute atomic E-state index is 0.287. The van der Waals surface area contributed by atoms with Crippen LogP contribution < -0.4 is 0 Å². The van der Waals surface area contributed by atoms with Gasteiger partial charge in [0.1, 0.15) is 5.78 Å². The molecule has 3 heteroatoms. The summed E-state index contributed by atoms with van der Waals surface area (Å²) in [5.41, 5.74) is 1.09. The van der Waals surface area contributed by atoms with Crippen molar-refractivity contribution in [3.8, 4) is 0 Å². The second-order valence-corrected chi connectivity index (χ2v) is 4.56. The maximum absolute atomic E-state index is 11.3. The molecule has 0 saturated carbocycles. The van der Waals surface area contributed by atoms with Gasteiger partial charge in [-0.1, -0.05) is 28.1 Å². The highest BCUT2D eigenvalue weighted by molar-refractivity contribution is 9.10. The fraction of sp³-hybridized carbons (Fsp3) is 0.300. The number of carbonyl (C=O) groups is 1. The third-order valence-corrected chi connectivity index (χ3v) is 2.76. The molecule has 0 aliphatic rings. The van der Waals surface area contributed by atoms with Crippen LogP contribution in [-0.2, 0) is 11.2 Å². The number of benzene rings is 1. The molecule has 0 bridgehead atoms. The van der Waals surface area contributed by atoms with Crippen LogP contribution >= 0.6 is 27.7 Å². The second kappa shape index (κ2) is 5.45. The molecular formula is C10H11BrOS. The number of hydrogen-bond acceptors (Lipinski definition) is 2. The van der Waals surface area contributed by atoms with Crippen LogP contribution in [0.25, 0.3) is 0 Å². The number of thioether (sulfide) groups is 1. The fourth-order valence-corrected chi connectivity index (χ4v) is 1.73. The minimum Gasteiger partial charge on any atom is -0.298 e. The summed E-state index contributed by atoms with van der Waals surface area (Å²) >= 11 is 4.93. The quantitative estimate of drug-likeness (QED) is 0.827. The number of Topliss-reactive ketones (excluding diaryl/α,β-unsaturated/α-hetero) is 1. The van der Waals surface area contributed by atoms with E-state index >= 15 is 0 Å². The summed E-state index contributed by atoms with van der Waals surface area (Å²) in [6, 6.07) is 7.87. The lowest BCUT2D eigenvalue weighted by molar-refractivity contribution is -0.115. The monoisotopic (exact) mass is 258 g/mol. The van der Waals surface area contributed by atoms with Gasteiger partial charge in [0.25, 0.3) is 0 Å². The molecule has 0 amide bonds. The van der Waals surface area contributed by atoms with Crippen molar-refractivity contribution in [2.24, 2.45) is 0 Å². The van der Waals surface area contributed by atoms with Crippen molar-refractivity contribution in [1.82, 2.24) is 0 Å². The molecule has 1 aromatic rings. The van der Waals surface area contributed by atoms with Gasteiger partial charge >= 0.3 is 0 Å². The molecule has 0 saturated heterocycles. The average molecular weight is 259 g/mol. The van der Waals surface area contributed by atoms with Gasteiger partial charge in [0.05, 0.1) is 5.75 Å². The molecule has 0 aromatic heterocycles. The van der Waals surface area contributed by atoms with Gasteiger partial charge in [-0.2, -0.15) is 11.8 Å². The van der Waals surface area contributed by atoms with Crippen molar-refractivity contribution in [2.75, 3.05) is 12.0 Å². The second-order valence-electron chi connectivity index (χ2n) is 2.77. The van der Waals surface area contributed by atoms with Crippen LogP contribution in [0.5, 0.6) is 0 Å². The molecule has 0 unspecified atom stereocenters. The molecule has 1 rings (SSSR count). The van der Waals surface area contributed by atoms with Crippen molar-refractivity contribution in [3.05, 3.63) is 34.3 Å². The van der Waals surface area contributed by atoms with Crippen molar-refractivity contribution >= 4 is 33.5 Å². The number of halogens is 1. The van der Waals surface area contributed by atoms with Crippen LogP contribution in [0, 0.1) is 0 Å². The van der Waals surface area contributed by atoms with Gasteiger partial charge in [0.15, 0.2) is 0 Å². The number of hydrogen-bond donors (Lipinski definition) is 0. The predicted octanol–water partition coefficient (Wildman–Crippen LogP) is 2.92. The van der Waals surface area contributed by atoms with E-state index < -0.39 is 0 Å². The molecule has 0 fully saturated rings. The van der Waals surface area contributed by atoms with E-state index in [0.29, 0.717) is 12.2 Å². The maximum atomic E-state index is 11.3. The van der Waals surface area contributed by atoms with Crippen LogP contribution in [0.4, 0.5) is 0 Å². The zero-order chi connectivity index (χ0) is 9.68. The van der Waals surface area contributed by atoms with Crippen molar-refractivity contribution < 1.29 is 4.79 Å². The summed E-state index contributed by atoms with van der Waals surface area (Å²) in [4.78, 5) is 11.3. The highest BCUT2D eigenvalue weighted by Gasteiger charge is 2.01. The first-order valence-electron chi connectivity index (χ1n) is 3.97. The number of ketones is 1. The van der Waals surface area contributed by atoms with Gasteiger partial charge in [-0.05, 0) is 24.0 Å². The number of carbonyl (C=O) groups excluding carboxylic acids is 1. The standard InChI is InChI=1S/C10H11BrOS/c1-13-7-10(12)6-8-2-4-9(11)5-3-8/h2-5H,6-7H2,1H3. The Kier molecular flexibility index (Phi) is 4.53. The average Bonchev–Trinajstić information content (AvgIpc) is 2.09. The van der Waals surface area contributed by atoms with E-state index in [9.17, 15) is 4.79 Å². The third kappa shape index (κ3) is 3.96. The van der Waals surface area contributed by atoms with Crippen molar-refractivity contribution in [2.45, 2.75) is 6.42 Å². The Morgan fingerprint density at radius 2 is 2.00 bits per heavy atom. The lowest BCUT2D eigenvalue weighted by Gasteiger charge is -1.99. The molecular weight excluding hydrogens is 248 g/mol. The Hall–Kier alpha value is -0.280. The summed E-state index contributed by atoms with van der Waals surface area (Å²) < 4.78 is 1.05. The van der Waals surface area contributed by atoms with Crippen molar-refractivity contribution in [3.63, 3.8) is 0 Å². The first kappa shape index (κ1) is 10.8. The van der Waals surface area contributed by atoms with Gasteiger partial charge in [0, 0.05) is 10.9 Å². The molecule has 0 spiro atoms. The van der Waals surface area contributed by atoms with Crippen LogP contribution in [0.1, 0.15) is 5.56 Å². The molecule has 0 aliphatic heterocycles. The third-order valence-electron chi connectivity index (χ3n) is 1.62. The number of rotatable bonds is 4. The van der Waals surface area contributed by atoms with E-state index in [1.54, 1.807) is 11.8 Å². The van der Waals surface area contributed by atoms with Gasteiger partial charge < -0.3 is 0 Å². The SMILES string of the molecule is CSCC(=O)Cc1ccc(Br)cc1. The van der Waals surface area contributed by atoms with Gasteiger partial charge in [-0.15, -0.1) is 0 Å². The normalized spacial score (nSPS) is 10.0. The summed E-state index contributed by atoms with van der Waals surface area (Å²) in [5.74, 6) is 0.894. The van der Waals surface area contributed by atoms with E-state index in [1.807, 2.05) is 30.5 Å². The first-order chi connectivity index (χ1) is 6.22. The van der Waals surface area contributed by atoms with Gasteiger partial charge in [-0.25, -0.2) is 0 Å². The summed E-state index contributed by atoms with van der Waals surface area (Å²) in [6.45, 7) is 0. The van der Waals surface area contributed by atoms with Gasteiger partial charge in [0.2, 0.25) is 0 Å². The van der Waals surface area contributed by atoms with Crippen molar-refractivity contribution in [1.29, 1.82) is 0 Å². The molecule has 1 aromatic carbocycles. The topological polar surface area (TPSA) is 17.1 Å². The van der Waals surface area contributed by atoms with Crippen LogP contribution in [0.2, 0.25) is 0 Å². The zero-order valence-corrected chi connectivity index (χ0v) is 9.82. The van der Waals surface area contributed by atoms with Gasteiger partial charge in [-0.3, -0.25) is 4.79 Å². The lowest BCUT2D eigenvalue weighted by atomic mass is 10.1. The molecule has 0 N–H and O–H groups in total. The highest BCUT2D eigenvalue weighted by Crippen LogP contribution is 2.11. The molecule has 1 nitrogen and oxygen atoms in total. The van der Waals surface area contributed by atoms with E-state index in [0.717, 1.165) is 10.0 Å². The highest BCUT2D eigenvalue weighted by atomic mass is 79.9. The minimum atomic E-state index is 0.287. The van der Waals surface area contributed by atoms with Crippen LogP contribution in [0.3, 0.4) is 0 Å². The summed E-state index contributed by atoms with van der Waals surface area (Å²) in [7, 11) is 0. The molecule has 0 atom stereocenters. The Labute approximate surface area is 91.0 Å². The summed E-state index contributed by atoms with van der Waals surface area (Å²) in [6.07, 6.45) is 2.49. The van der Waals surface area contributed by atoms with Crippen LogP contribution in [0.15, 0.2) is 28.7 Å². The molecule has 70 valence electrons.